The van der Waals surface area contributed by atoms with Crippen LogP contribution in [0.4, 0.5) is 0 Å². The highest BCUT2D eigenvalue weighted by atomic mass is 35.5. The molecule has 0 radical (unpaired) electrons. The first kappa shape index (κ1) is 10.7. The SMILES string of the molecule is OCc1c(C2CC2)nn(-c2ccncc2)c1Cl. The zero-order valence-electron chi connectivity index (χ0n) is 9.17. The zero-order chi connectivity index (χ0) is 11.8. The summed E-state index contributed by atoms with van der Waals surface area (Å²) in [5.41, 5.74) is 2.56. The molecule has 17 heavy (non-hydrogen) atoms. The number of aromatic nitrogens is 3. The molecule has 0 aliphatic heterocycles. The van der Waals surface area contributed by atoms with E-state index in [1.807, 2.05) is 12.1 Å². The van der Waals surface area contributed by atoms with Crippen molar-refractivity contribution in [2.45, 2.75) is 25.4 Å². The Morgan fingerprint density at radius 3 is 2.65 bits per heavy atom. The van der Waals surface area contributed by atoms with Gasteiger partial charge in [-0.1, -0.05) is 11.6 Å². The average molecular weight is 250 g/mol. The lowest BCUT2D eigenvalue weighted by molar-refractivity contribution is 0.280. The number of aliphatic hydroxyl groups excluding tert-OH is 1. The van der Waals surface area contributed by atoms with Crippen LogP contribution in [0.5, 0.6) is 0 Å². The highest BCUT2D eigenvalue weighted by Crippen LogP contribution is 2.42. The molecule has 0 unspecified atom stereocenters. The van der Waals surface area contributed by atoms with E-state index in [1.54, 1.807) is 17.1 Å². The van der Waals surface area contributed by atoms with Crippen LogP contribution >= 0.6 is 11.6 Å². The van der Waals surface area contributed by atoms with Gasteiger partial charge < -0.3 is 5.11 Å². The third-order valence-corrected chi connectivity index (χ3v) is 3.37. The molecule has 1 N–H and O–H groups in total. The highest BCUT2D eigenvalue weighted by Gasteiger charge is 2.31. The molecule has 1 fully saturated rings. The normalized spacial score (nSPS) is 15.2. The Hall–Kier alpha value is -1.39. The number of halogens is 1. The van der Waals surface area contributed by atoms with Gasteiger partial charge in [0.05, 0.1) is 18.0 Å². The molecule has 0 bridgehead atoms. The fourth-order valence-electron chi connectivity index (χ4n) is 1.93. The smallest absolute Gasteiger partial charge is 0.138 e. The van der Waals surface area contributed by atoms with Crippen LogP contribution in [-0.2, 0) is 6.61 Å². The Labute approximate surface area is 104 Å². The molecule has 2 aromatic rings. The van der Waals surface area contributed by atoms with Gasteiger partial charge in [-0.05, 0) is 25.0 Å². The summed E-state index contributed by atoms with van der Waals surface area (Å²) in [6.07, 6.45) is 5.67. The van der Waals surface area contributed by atoms with E-state index in [2.05, 4.69) is 10.1 Å². The monoisotopic (exact) mass is 249 g/mol. The first-order chi connectivity index (χ1) is 8.31. The second-order valence-corrected chi connectivity index (χ2v) is 4.56. The van der Waals surface area contributed by atoms with Crippen molar-refractivity contribution >= 4 is 11.6 Å². The van der Waals surface area contributed by atoms with Crippen molar-refractivity contribution in [1.82, 2.24) is 14.8 Å². The summed E-state index contributed by atoms with van der Waals surface area (Å²) in [5, 5.41) is 14.4. The molecule has 3 rings (SSSR count). The largest absolute Gasteiger partial charge is 0.391 e. The fraction of sp³-hybridized carbons (Fsp3) is 0.333. The molecule has 5 heteroatoms. The quantitative estimate of drug-likeness (QED) is 0.908. The summed E-state index contributed by atoms with van der Waals surface area (Å²) in [6.45, 7) is -0.0598. The average Bonchev–Trinajstić information content (AvgIpc) is 3.15. The van der Waals surface area contributed by atoms with Crippen LogP contribution < -0.4 is 0 Å². The minimum atomic E-state index is -0.0598. The fourth-order valence-corrected chi connectivity index (χ4v) is 2.22. The number of hydrogen-bond donors (Lipinski definition) is 1. The van der Waals surface area contributed by atoms with Crippen molar-refractivity contribution in [3.8, 4) is 5.69 Å². The van der Waals surface area contributed by atoms with Crippen LogP contribution in [0.2, 0.25) is 5.15 Å². The molecule has 1 saturated carbocycles. The molecule has 1 aliphatic rings. The van der Waals surface area contributed by atoms with Crippen molar-refractivity contribution in [1.29, 1.82) is 0 Å². The lowest BCUT2D eigenvalue weighted by Crippen LogP contribution is -1.97. The van der Waals surface area contributed by atoms with E-state index in [0.717, 1.165) is 29.8 Å². The van der Waals surface area contributed by atoms with Crippen LogP contribution in [-0.4, -0.2) is 19.9 Å². The summed E-state index contributed by atoms with van der Waals surface area (Å²) >= 11 is 6.26. The van der Waals surface area contributed by atoms with Crippen LogP contribution in [0, 0.1) is 0 Å². The topological polar surface area (TPSA) is 50.9 Å². The number of pyridine rings is 1. The summed E-state index contributed by atoms with van der Waals surface area (Å²) in [5.74, 6) is 0.470. The van der Waals surface area contributed by atoms with Gasteiger partial charge in [0.1, 0.15) is 5.15 Å². The maximum absolute atomic E-state index is 9.39. The summed E-state index contributed by atoms with van der Waals surface area (Å²) in [4.78, 5) is 3.96. The molecular weight excluding hydrogens is 238 g/mol. The van der Waals surface area contributed by atoms with Crippen molar-refractivity contribution in [3.63, 3.8) is 0 Å². The molecule has 0 atom stereocenters. The van der Waals surface area contributed by atoms with E-state index in [0.29, 0.717) is 11.1 Å². The maximum Gasteiger partial charge on any atom is 0.138 e. The van der Waals surface area contributed by atoms with Crippen molar-refractivity contribution < 1.29 is 5.11 Å². The molecule has 2 aromatic heterocycles. The van der Waals surface area contributed by atoms with E-state index in [4.69, 9.17) is 11.6 Å². The second kappa shape index (κ2) is 4.13. The Morgan fingerprint density at radius 2 is 2.06 bits per heavy atom. The zero-order valence-corrected chi connectivity index (χ0v) is 9.93. The summed E-state index contributed by atoms with van der Waals surface area (Å²) in [6, 6.07) is 3.69. The van der Waals surface area contributed by atoms with E-state index in [1.165, 1.54) is 0 Å². The van der Waals surface area contributed by atoms with Crippen LogP contribution in [0.25, 0.3) is 5.69 Å². The number of hydrogen-bond acceptors (Lipinski definition) is 3. The molecule has 1 aliphatic carbocycles. The first-order valence-corrected chi connectivity index (χ1v) is 5.97. The molecule has 4 nitrogen and oxygen atoms in total. The van der Waals surface area contributed by atoms with Gasteiger partial charge in [0, 0.05) is 23.9 Å². The third-order valence-electron chi connectivity index (χ3n) is 2.98. The van der Waals surface area contributed by atoms with Gasteiger partial charge in [0.15, 0.2) is 0 Å². The van der Waals surface area contributed by atoms with Crippen LogP contribution in [0.3, 0.4) is 0 Å². The molecule has 0 aromatic carbocycles. The number of aliphatic hydroxyl groups is 1. The molecule has 0 amide bonds. The lowest BCUT2D eigenvalue weighted by atomic mass is 10.2. The van der Waals surface area contributed by atoms with Crippen LogP contribution in [0.1, 0.15) is 30.0 Å². The van der Waals surface area contributed by atoms with Crippen molar-refractivity contribution in [3.05, 3.63) is 40.9 Å². The van der Waals surface area contributed by atoms with E-state index >= 15 is 0 Å². The minimum absolute atomic E-state index is 0.0598. The van der Waals surface area contributed by atoms with E-state index in [-0.39, 0.29) is 6.61 Å². The maximum atomic E-state index is 9.39. The number of nitrogens with zero attached hydrogens (tertiary/aromatic N) is 3. The second-order valence-electron chi connectivity index (χ2n) is 4.20. The Kier molecular flexibility index (Phi) is 2.61. The standard InChI is InChI=1S/C12H12ClN3O/c13-12-10(7-17)11(8-1-2-8)15-16(12)9-3-5-14-6-4-9/h3-6,8,17H,1-2,7H2. The Morgan fingerprint density at radius 1 is 1.35 bits per heavy atom. The van der Waals surface area contributed by atoms with Gasteiger partial charge >= 0.3 is 0 Å². The van der Waals surface area contributed by atoms with Gasteiger partial charge in [-0.15, -0.1) is 0 Å². The van der Waals surface area contributed by atoms with Gasteiger partial charge in [-0.3, -0.25) is 4.98 Å². The molecule has 88 valence electrons. The predicted octanol–water partition coefficient (Wildman–Crippen LogP) is 2.29. The van der Waals surface area contributed by atoms with Gasteiger partial charge in [-0.2, -0.15) is 5.10 Å². The van der Waals surface area contributed by atoms with Gasteiger partial charge in [0.2, 0.25) is 0 Å². The first-order valence-electron chi connectivity index (χ1n) is 5.60. The Balaban J connectivity index is 2.11. The van der Waals surface area contributed by atoms with Crippen molar-refractivity contribution in [2.75, 3.05) is 0 Å². The van der Waals surface area contributed by atoms with Gasteiger partial charge in [-0.25, -0.2) is 4.68 Å². The molecular formula is C12H12ClN3O. The van der Waals surface area contributed by atoms with E-state index in [9.17, 15) is 5.11 Å². The predicted molar refractivity (Wildman–Crippen MR) is 64.3 cm³/mol. The van der Waals surface area contributed by atoms with Crippen LogP contribution in [0.15, 0.2) is 24.5 Å². The highest BCUT2D eigenvalue weighted by molar-refractivity contribution is 6.30. The Bertz CT molecular complexity index is 534. The molecule has 2 heterocycles. The lowest BCUT2D eigenvalue weighted by Gasteiger charge is -2.01. The summed E-state index contributed by atoms with van der Waals surface area (Å²) in [7, 11) is 0. The van der Waals surface area contributed by atoms with E-state index < -0.39 is 0 Å². The molecule has 0 spiro atoms. The third kappa shape index (κ3) is 1.83. The van der Waals surface area contributed by atoms with Gasteiger partial charge in [0.25, 0.3) is 0 Å². The van der Waals surface area contributed by atoms with Crippen molar-refractivity contribution in [2.24, 2.45) is 0 Å². The minimum Gasteiger partial charge on any atom is -0.391 e. The summed E-state index contributed by atoms with van der Waals surface area (Å²) < 4.78 is 1.67. The molecule has 0 saturated heterocycles. The number of rotatable bonds is 3.